The van der Waals surface area contributed by atoms with Crippen molar-refractivity contribution in [1.82, 2.24) is 34.0 Å². The van der Waals surface area contributed by atoms with Crippen LogP contribution in [0.15, 0.2) is 61.4 Å². The molecule has 4 aromatic heterocycles. The van der Waals surface area contributed by atoms with Crippen molar-refractivity contribution < 1.29 is 18.0 Å². The molecule has 12 heteroatoms. The number of nitrogens with zero attached hydrogens (tertiary/aromatic N) is 7. The third-order valence-corrected chi connectivity index (χ3v) is 6.04. The number of nitrogen functional groups attached to an aromatic ring is 1. The van der Waals surface area contributed by atoms with Crippen LogP contribution in [0.25, 0.3) is 16.6 Å². The third-order valence-electron chi connectivity index (χ3n) is 6.04. The van der Waals surface area contributed by atoms with E-state index in [2.05, 4.69) is 20.1 Å². The minimum absolute atomic E-state index is 0.00839. The number of hydrogen-bond donors (Lipinski definition) is 1. The number of benzene rings is 1. The van der Waals surface area contributed by atoms with E-state index >= 15 is 0 Å². The Morgan fingerprint density at radius 1 is 1.14 bits per heavy atom. The summed E-state index contributed by atoms with van der Waals surface area (Å²) in [5.74, 6) is -0.0145. The van der Waals surface area contributed by atoms with Gasteiger partial charge in [-0.2, -0.15) is 18.3 Å². The summed E-state index contributed by atoms with van der Waals surface area (Å²) in [7, 11) is 1.76. The van der Waals surface area contributed by atoms with Gasteiger partial charge < -0.3 is 10.6 Å². The Kier molecular flexibility index (Phi) is 5.58. The molecule has 0 radical (unpaired) electrons. The lowest BCUT2D eigenvalue weighted by atomic mass is 10.1. The Bertz CT molecular complexity index is 1570. The smallest absolute Gasteiger partial charge is 0.382 e. The van der Waals surface area contributed by atoms with Crippen molar-refractivity contribution in [3.8, 4) is 0 Å². The molecular formula is C24H21F3N8O. The van der Waals surface area contributed by atoms with Crippen LogP contribution in [-0.4, -0.2) is 39.9 Å². The zero-order chi connectivity index (χ0) is 25.6. The zero-order valence-corrected chi connectivity index (χ0v) is 19.3. The molecule has 5 aromatic rings. The molecule has 184 valence electrons. The number of pyridine rings is 1. The molecule has 36 heavy (non-hydrogen) atoms. The van der Waals surface area contributed by atoms with E-state index in [1.54, 1.807) is 64.1 Å². The van der Waals surface area contributed by atoms with E-state index in [1.165, 1.54) is 6.07 Å². The highest BCUT2D eigenvalue weighted by atomic mass is 19.4. The number of hydrogen-bond acceptors (Lipinski definition) is 6. The van der Waals surface area contributed by atoms with Gasteiger partial charge in [0.2, 0.25) is 0 Å². The summed E-state index contributed by atoms with van der Waals surface area (Å²) in [6.45, 7) is 1.82. The number of aryl methyl sites for hydroxylation is 1. The summed E-state index contributed by atoms with van der Waals surface area (Å²) in [5, 5.41) is 4.18. The maximum absolute atomic E-state index is 13.8. The molecule has 4 heterocycles. The van der Waals surface area contributed by atoms with Gasteiger partial charge in [-0.15, -0.1) is 0 Å². The monoisotopic (exact) mass is 494 g/mol. The summed E-state index contributed by atoms with van der Waals surface area (Å²) in [4.78, 5) is 27.8. The average molecular weight is 494 g/mol. The SMILES string of the molecule is C[C@H](c1cnn(C)c1)N(Cc1ccc(C(F)(F)F)cn1)C(=O)c1ccc2nc(N)c3cncn3c2c1. The fraction of sp³-hybridized carbons (Fsp3) is 0.208. The Labute approximate surface area is 203 Å². The van der Waals surface area contributed by atoms with E-state index in [0.717, 1.165) is 17.8 Å². The summed E-state index contributed by atoms with van der Waals surface area (Å²) < 4.78 is 42.3. The van der Waals surface area contributed by atoms with E-state index in [9.17, 15) is 18.0 Å². The predicted octanol–water partition coefficient (Wildman–Crippen LogP) is 4.02. The van der Waals surface area contributed by atoms with Gasteiger partial charge >= 0.3 is 6.18 Å². The van der Waals surface area contributed by atoms with Crippen molar-refractivity contribution in [2.24, 2.45) is 7.05 Å². The topological polar surface area (TPSA) is 107 Å². The molecule has 0 fully saturated rings. The van der Waals surface area contributed by atoms with Crippen LogP contribution in [0.2, 0.25) is 0 Å². The molecule has 0 unspecified atom stereocenters. The molecule has 0 aliphatic carbocycles. The number of nitrogens with two attached hydrogens (primary N) is 1. The molecule has 0 aliphatic heterocycles. The minimum Gasteiger partial charge on any atom is -0.382 e. The first-order valence-corrected chi connectivity index (χ1v) is 10.9. The molecule has 9 nitrogen and oxygen atoms in total. The first-order valence-electron chi connectivity index (χ1n) is 10.9. The van der Waals surface area contributed by atoms with Gasteiger partial charge in [0.15, 0.2) is 0 Å². The molecule has 1 amide bonds. The third kappa shape index (κ3) is 4.21. The van der Waals surface area contributed by atoms with Gasteiger partial charge in [0, 0.05) is 30.6 Å². The largest absolute Gasteiger partial charge is 0.417 e. The quantitative estimate of drug-likeness (QED) is 0.396. The number of amides is 1. The standard InChI is InChI=1S/C24H21F3N8O/c1-14(16-8-31-33(2)11-16)34(12-18-5-4-17(9-30-18)24(25,26)27)23(36)15-3-6-19-20(7-15)35-13-29-10-21(35)22(28)32-19/h3-11,13-14H,12H2,1-2H3,(H2,28,32)/t14-/m1/s1. The van der Waals surface area contributed by atoms with Crippen LogP contribution in [0, 0.1) is 0 Å². The number of anilines is 1. The molecule has 1 atom stereocenters. The lowest BCUT2D eigenvalue weighted by Crippen LogP contribution is -2.33. The van der Waals surface area contributed by atoms with E-state index in [0.29, 0.717) is 33.6 Å². The van der Waals surface area contributed by atoms with Crippen molar-refractivity contribution in [2.75, 3.05) is 5.73 Å². The van der Waals surface area contributed by atoms with Crippen LogP contribution in [0.5, 0.6) is 0 Å². The Hall–Kier alpha value is -4.48. The second-order valence-electron chi connectivity index (χ2n) is 8.44. The second-order valence-corrected chi connectivity index (χ2v) is 8.44. The Morgan fingerprint density at radius 3 is 2.61 bits per heavy atom. The number of halogens is 3. The summed E-state index contributed by atoms with van der Waals surface area (Å²) in [5.41, 5.74) is 8.46. The molecule has 0 aliphatic rings. The summed E-state index contributed by atoms with van der Waals surface area (Å²) in [6, 6.07) is 6.83. The van der Waals surface area contributed by atoms with Gasteiger partial charge in [-0.1, -0.05) is 0 Å². The minimum atomic E-state index is -4.49. The van der Waals surface area contributed by atoms with Gasteiger partial charge in [-0.05, 0) is 37.3 Å². The fourth-order valence-electron chi connectivity index (χ4n) is 4.05. The average Bonchev–Trinajstić information content (AvgIpc) is 3.51. The number of rotatable bonds is 5. The summed E-state index contributed by atoms with van der Waals surface area (Å²) >= 11 is 0. The van der Waals surface area contributed by atoms with E-state index in [1.807, 2.05) is 6.92 Å². The molecule has 5 rings (SSSR count). The van der Waals surface area contributed by atoms with E-state index in [4.69, 9.17) is 5.73 Å². The lowest BCUT2D eigenvalue weighted by molar-refractivity contribution is -0.137. The number of fused-ring (bicyclic) bond motifs is 3. The van der Waals surface area contributed by atoms with Crippen molar-refractivity contribution in [1.29, 1.82) is 0 Å². The number of alkyl halides is 3. The second kappa shape index (κ2) is 8.63. The first-order chi connectivity index (χ1) is 17.1. The molecule has 1 aromatic carbocycles. The van der Waals surface area contributed by atoms with Crippen LogP contribution in [0.4, 0.5) is 19.0 Å². The van der Waals surface area contributed by atoms with Gasteiger partial charge in [0.1, 0.15) is 11.3 Å². The van der Waals surface area contributed by atoms with Gasteiger partial charge in [0.25, 0.3) is 5.91 Å². The zero-order valence-electron chi connectivity index (χ0n) is 19.3. The molecular weight excluding hydrogens is 473 g/mol. The molecule has 0 spiro atoms. The van der Waals surface area contributed by atoms with E-state index < -0.39 is 17.8 Å². The molecule has 2 N–H and O–H groups in total. The fourth-order valence-corrected chi connectivity index (χ4v) is 4.05. The van der Waals surface area contributed by atoms with Gasteiger partial charge in [-0.25, -0.2) is 9.97 Å². The van der Waals surface area contributed by atoms with Crippen LogP contribution in [0.1, 0.15) is 40.1 Å². The van der Waals surface area contributed by atoms with Crippen LogP contribution >= 0.6 is 0 Å². The van der Waals surface area contributed by atoms with Crippen LogP contribution < -0.4 is 5.73 Å². The Balaban J connectivity index is 1.54. The van der Waals surface area contributed by atoms with Crippen molar-refractivity contribution in [3.05, 3.63) is 83.8 Å². The maximum atomic E-state index is 13.8. The van der Waals surface area contributed by atoms with Crippen molar-refractivity contribution in [2.45, 2.75) is 25.7 Å². The van der Waals surface area contributed by atoms with Gasteiger partial charge in [0.05, 0.1) is 53.6 Å². The lowest BCUT2D eigenvalue weighted by Gasteiger charge is -2.29. The summed E-state index contributed by atoms with van der Waals surface area (Å²) in [6.07, 6.45) is 2.88. The normalized spacial score (nSPS) is 12.8. The highest BCUT2D eigenvalue weighted by molar-refractivity contribution is 5.98. The van der Waals surface area contributed by atoms with E-state index in [-0.39, 0.29) is 12.5 Å². The molecule has 0 bridgehead atoms. The molecule has 0 saturated heterocycles. The number of imidazole rings is 1. The van der Waals surface area contributed by atoms with Gasteiger partial charge in [-0.3, -0.25) is 18.9 Å². The number of aromatic nitrogens is 6. The Morgan fingerprint density at radius 2 is 1.94 bits per heavy atom. The predicted molar refractivity (Wildman–Crippen MR) is 126 cm³/mol. The first kappa shape index (κ1) is 23.3. The van der Waals surface area contributed by atoms with Crippen molar-refractivity contribution >= 4 is 28.3 Å². The van der Waals surface area contributed by atoms with Crippen LogP contribution in [-0.2, 0) is 19.8 Å². The van der Waals surface area contributed by atoms with Crippen LogP contribution in [0.3, 0.4) is 0 Å². The maximum Gasteiger partial charge on any atom is 0.417 e. The number of carbonyl (C=O) groups excluding carboxylic acids is 1. The highest BCUT2D eigenvalue weighted by Gasteiger charge is 2.31. The van der Waals surface area contributed by atoms with Crippen molar-refractivity contribution in [3.63, 3.8) is 0 Å². The molecule has 0 saturated carbocycles. The highest BCUT2D eigenvalue weighted by Crippen LogP contribution is 2.30. The number of carbonyl (C=O) groups is 1.